The molecule has 80 valence electrons. The van der Waals surface area contributed by atoms with Crippen LogP contribution in [-0.4, -0.2) is 36.8 Å². The van der Waals surface area contributed by atoms with Crippen LogP contribution in [0.5, 0.6) is 0 Å². The third kappa shape index (κ3) is 4.89. The molecule has 0 aromatic rings. The third-order valence-electron chi connectivity index (χ3n) is 2.82. The molecule has 0 spiro atoms. The highest BCUT2D eigenvalue weighted by atomic mass is 32.2. The molecule has 0 radical (unpaired) electrons. The summed E-state index contributed by atoms with van der Waals surface area (Å²) in [6, 6.07) is 0. The first-order valence-electron chi connectivity index (χ1n) is 5.05. The van der Waals surface area contributed by atoms with Gasteiger partial charge in [-0.3, -0.25) is 0 Å². The number of rotatable bonds is 8. The van der Waals surface area contributed by atoms with Crippen molar-refractivity contribution in [2.24, 2.45) is 5.41 Å². The Bertz CT molecular complexity index is 107. The van der Waals surface area contributed by atoms with Crippen LogP contribution < -0.4 is 5.32 Å². The van der Waals surface area contributed by atoms with E-state index in [1.807, 2.05) is 11.8 Å². The molecule has 0 aliphatic heterocycles. The zero-order valence-electron chi connectivity index (χ0n) is 9.10. The zero-order chi connectivity index (χ0) is 10.2. The molecule has 0 rings (SSSR count). The average Bonchev–Trinajstić information content (AvgIpc) is 2.20. The van der Waals surface area contributed by atoms with Gasteiger partial charge >= 0.3 is 0 Å². The van der Waals surface area contributed by atoms with Gasteiger partial charge in [-0.2, -0.15) is 11.8 Å². The van der Waals surface area contributed by atoms with Gasteiger partial charge < -0.3 is 10.4 Å². The summed E-state index contributed by atoms with van der Waals surface area (Å²) in [7, 11) is 0. The van der Waals surface area contributed by atoms with Crippen LogP contribution in [0.4, 0.5) is 0 Å². The molecule has 0 heterocycles. The van der Waals surface area contributed by atoms with Crippen molar-refractivity contribution in [3.63, 3.8) is 0 Å². The van der Waals surface area contributed by atoms with Gasteiger partial charge in [0.05, 0.1) is 0 Å². The Labute approximate surface area is 86.5 Å². The van der Waals surface area contributed by atoms with E-state index in [-0.39, 0.29) is 5.41 Å². The molecular weight excluding hydrogens is 182 g/mol. The zero-order valence-corrected chi connectivity index (χ0v) is 9.91. The summed E-state index contributed by atoms with van der Waals surface area (Å²) in [5.74, 6) is 1.15. The molecular formula is C10H23NOS. The van der Waals surface area contributed by atoms with E-state index in [9.17, 15) is 5.11 Å². The van der Waals surface area contributed by atoms with Gasteiger partial charge in [-0.1, -0.05) is 13.8 Å². The number of aliphatic hydroxyl groups is 1. The molecule has 0 saturated heterocycles. The fourth-order valence-electron chi connectivity index (χ4n) is 1.31. The van der Waals surface area contributed by atoms with Crippen molar-refractivity contribution in [2.45, 2.75) is 26.7 Å². The molecule has 0 unspecified atom stereocenters. The summed E-state index contributed by atoms with van der Waals surface area (Å²) in [5, 5.41) is 12.7. The summed E-state index contributed by atoms with van der Waals surface area (Å²) in [6.07, 6.45) is 4.21. The van der Waals surface area contributed by atoms with Crippen molar-refractivity contribution >= 4 is 11.8 Å². The van der Waals surface area contributed by atoms with E-state index in [1.54, 1.807) is 0 Å². The van der Waals surface area contributed by atoms with Gasteiger partial charge in [0.25, 0.3) is 0 Å². The molecule has 2 N–H and O–H groups in total. The van der Waals surface area contributed by atoms with Crippen LogP contribution in [0, 0.1) is 5.41 Å². The lowest BCUT2D eigenvalue weighted by molar-refractivity contribution is 0.114. The van der Waals surface area contributed by atoms with E-state index < -0.39 is 0 Å². The second-order valence-corrected chi connectivity index (χ2v) is 4.52. The Kier molecular flexibility index (Phi) is 7.81. The van der Waals surface area contributed by atoms with Crippen LogP contribution >= 0.6 is 11.8 Å². The lowest BCUT2D eigenvalue weighted by atomic mass is 9.83. The topological polar surface area (TPSA) is 32.3 Å². The number of thioether (sulfide) groups is 1. The van der Waals surface area contributed by atoms with Gasteiger partial charge in [-0.25, -0.2) is 0 Å². The molecule has 2 nitrogen and oxygen atoms in total. The smallest absolute Gasteiger partial charge is 0.0499 e. The monoisotopic (exact) mass is 205 g/mol. The van der Waals surface area contributed by atoms with Crippen molar-refractivity contribution in [1.82, 2.24) is 5.32 Å². The van der Waals surface area contributed by atoms with Crippen LogP contribution in [0.3, 0.4) is 0 Å². The van der Waals surface area contributed by atoms with Crippen molar-refractivity contribution in [3.8, 4) is 0 Å². The van der Waals surface area contributed by atoms with E-state index in [1.165, 1.54) is 0 Å². The summed E-state index contributed by atoms with van der Waals surface area (Å²) in [4.78, 5) is 0. The number of nitrogens with one attached hydrogen (secondary N) is 1. The largest absolute Gasteiger partial charge is 0.396 e. The first-order chi connectivity index (χ1) is 6.24. The quantitative estimate of drug-likeness (QED) is 0.592. The first kappa shape index (κ1) is 13.3. The highest BCUT2D eigenvalue weighted by Crippen LogP contribution is 2.24. The Morgan fingerprint density at radius 3 is 2.31 bits per heavy atom. The molecule has 0 aliphatic rings. The maximum atomic E-state index is 9.29. The van der Waals surface area contributed by atoms with Crippen molar-refractivity contribution in [1.29, 1.82) is 0 Å². The van der Waals surface area contributed by atoms with Gasteiger partial charge in [0.15, 0.2) is 0 Å². The molecule has 3 heteroatoms. The van der Waals surface area contributed by atoms with Crippen molar-refractivity contribution in [2.75, 3.05) is 31.7 Å². The molecule has 0 saturated carbocycles. The van der Waals surface area contributed by atoms with E-state index in [0.29, 0.717) is 6.61 Å². The number of hydrogen-bond donors (Lipinski definition) is 2. The summed E-state index contributed by atoms with van der Waals surface area (Å²) < 4.78 is 0. The molecule has 0 bridgehead atoms. The number of hydrogen-bond acceptors (Lipinski definition) is 3. The van der Waals surface area contributed by atoms with Crippen LogP contribution in [-0.2, 0) is 0 Å². The van der Waals surface area contributed by atoms with Crippen molar-refractivity contribution in [3.05, 3.63) is 0 Å². The lowest BCUT2D eigenvalue weighted by Gasteiger charge is -2.29. The Morgan fingerprint density at radius 1 is 1.31 bits per heavy atom. The van der Waals surface area contributed by atoms with E-state index >= 15 is 0 Å². The molecule has 0 aliphatic carbocycles. The standard InChI is InChI=1S/C10H23NOS/c1-4-10(5-2,9-12)8-11-6-7-13-3/h11-12H,4-9H2,1-3H3. The molecule has 0 aromatic carbocycles. The van der Waals surface area contributed by atoms with E-state index in [0.717, 1.165) is 31.7 Å². The molecule has 13 heavy (non-hydrogen) atoms. The average molecular weight is 205 g/mol. The molecule has 0 aromatic heterocycles. The number of aliphatic hydroxyl groups excluding tert-OH is 1. The predicted octanol–water partition coefficient (Wildman–Crippen LogP) is 1.74. The second-order valence-electron chi connectivity index (χ2n) is 3.53. The van der Waals surface area contributed by atoms with Gasteiger partial charge in [0, 0.05) is 30.9 Å². The highest BCUT2D eigenvalue weighted by Gasteiger charge is 2.24. The maximum Gasteiger partial charge on any atom is 0.0499 e. The van der Waals surface area contributed by atoms with Crippen LogP contribution in [0.25, 0.3) is 0 Å². The van der Waals surface area contributed by atoms with E-state index in [4.69, 9.17) is 0 Å². The molecule has 0 atom stereocenters. The van der Waals surface area contributed by atoms with Crippen LogP contribution in [0.15, 0.2) is 0 Å². The molecule has 0 fully saturated rings. The normalized spacial score (nSPS) is 12.0. The Balaban J connectivity index is 3.68. The van der Waals surface area contributed by atoms with Gasteiger partial charge in [-0.15, -0.1) is 0 Å². The molecule has 0 amide bonds. The SMILES string of the molecule is CCC(CC)(CO)CNCCSC. The van der Waals surface area contributed by atoms with Gasteiger partial charge in [-0.05, 0) is 19.1 Å². The minimum Gasteiger partial charge on any atom is -0.396 e. The lowest BCUT2D eigenvalue weighted by Crippen LogP contribution is -2.37. The predicted molar refractivity (Wildman–Crippen MR) is 61.4 cm³/mol. The minimum atomic E-state index is 0.110. The fourth-order valence-corrected chi connectivity index (χ4v) is 1.66. The Morgan fingerprint density at radius 2 is 1.92 bits per heavy atom. The highest BCUT2D eigenvalue weighted by molar-refractivity contribution is 7.98. The summed E-state index contributed by atoms with van der Waals surface area (Å²) >= 11 is 1.85. The summed E-state index contributed by atoms with van der Waals surface area (Å²) in [5.41, 5.74) is 0.110. The van der Waals surface area contributed by atoms with Crippen molar-refractivity contribution < 1.29 is 5.11 Å². The Hall–Kier alpha value is 0.270. The third-order valence-corrected chi connectivity index (χ3v) is 3.43. The fraction of sp³-hybridized carbons (Fsp3) is 1.00. The van der Waals surface area contributed by atoms with Gasteiger partial charge in [0.1, 0.15) is 0 Å². The first-order valence-corrected chi connectivity index (χ1v) is 6.44. The second kappa shape index (κ2) is 7.65. The minimum absolute atomic E-state index is 0.110. The van der Waals surface area contributed by atoms with Crippen LogP contribution in [0.1, 0.15) is 26.7 Å². The maximum absolute atomic E-state index is 9.29. The van der Waals surface area contributed by atoms with E-state index in [2.05, 4.69) is 25.4 Å². The van der Waals surface area contributed by atoms with Gasteiger partial charge in [0.2, 0.25) is 0 Å². The summed E-state index contributed by atoms with van der Waals surface area (Å²) in [6.45, 7) is 6.58. The van der Waals surface area contributed by atoms with Crippen LogP contribution in [0.2, 0.25) is 0 Å².